The second kappa shape index (κ2) is 9.96. The van der Waals surface area contributed by atoms with Crippen LogP contribution in [0.2, 0.25) is 0 Å². The number of hydrogen-bond acceptors (Lipinski definition) is 5. The first-order valence-corrected chi connectivity index (χ1v) is 12.8. The van der Waals surface area contributed by atoms with Gasteiger partial charge in [0.1, 0.15) is 0 Å². The minimum Gasteiger partial charge on any atom is -0.385 e. The van der Waals surface area contributed by atoms with Crippen molar-refractivity contribution in [1.29, 1.82) is 0 Å². The molecule has 34 heavy (non-hydrogen) atoms. The van der Waals surface area contributed by atoms with Gasteiger partial charge in [0.25, 0.3) is 5.91 Å². The van der Waals surface area contributed by atoms with E-state index in [0.717, 1.165) is 29.3 Å². The minimum atomic E-state index is 0.0132. The lowest BCUT2D eigenvalue weighted by Crippen LogP contribution is -2.45. The van der Waals surface area contributed by atoms with Gasteiger partial charge in [0, 0.05) is 38.5 Å². The molecule has 0 spiro atoms. The molecule has 1 saturated heterocycles. The molecule has 0 saturated carbocycles. The van der Waals surface area contributed by atoms with E-state index in [9.17, 15) is 4.79 Å². The highest BCUT2D eigenvalue weighted by Crippen LogP contribution is 2.44. The van der Waals surface area contributed by atoms with Crippen molar-refractivity contribution in [3.63, 3.8) is 0 Å². The maximum Gasteiger partial charge on any atom is 0.266 e. The molecule has 1 atom stereocenters. The van der Waals surface area contributed by atoms with Crippen molar-refractivity contribution in [3.05, 3.63) is 64.1 Å². The van der Waals surface area contributed by atoms with Gasteiger partial charge >= 0.3 is 0 Å². The van der Waals surface area contributed by atoms with Crippen LogP contribution in [0.4, 0.5) is 11.4 Å². The molecule has 0 N–H and O–H groups in total. The lowest BCUT2D eigenvalue weighted by Gasteiger charge is -2.45. The molecular weight excluding hydrogens is 442 g/mol. The van der Waals surface area contributed by atoms with Crippen molar-refractivity contribution in [2.45, 2.75) is 52.0 Å². The van der Waals surface area contributed by atoms with Gasteiger partial charge in [-0.2, -0.15) is 0 Å². The number of rotatable bonds is 6. The zero-order valence-corrected chi connectivity index (χ0v) is 21.9. The second-order valence-corrected chi connectivity index (χ2v) is 10.9. The van der Waals surface area contributed by atoms with Gasteiger partial charge in [-0.15, -0.1) is 0 Å². The Morgan fingerprint density at radius 3 is 2.68 bits per heavy atom. The van der Waals surface area contributed by atoms with Crippen LogP contribution in [0.3, 0.4) is 0 Å². The summed E-state index contributed by atoms with van der Waals surface area (Å²) in [4.78, 5) is 23.1. The number of methoxy groups -OCH3 is 1. The van der Waals surface area contributed by atoms with Crippen LogP contribution in [-0.4, -0.2) is 48.8 Å². The van der Waals surface area contributed by atoms with Gasteiger partial charge in [0.15, 0.2) is 5.17 Å². The number of para-hydroxylation sites is 1. The molecule has 5 nitrogen and oxygen atoms in total. The molecule has 6 heteroatoms. The fraction of sp³-hybridized carbons (Fsp3) is 0.429. The van der Waals surface area contributed by atoms with Crippen LogP contribution in [0, 0.1) is 6.92 Å². The second-order valence-electron chi connectivity index (χ2n) is 9.89. The number of thioether (sulfide) groups is 1. The third kappa shape index (κ3) is 4.93. The number of fused-ring (bicyclic) bond motifs is 1. The largest absolute Gasteiger partial charge is 0.385 e. The molecule has 2 aromatic carbocycles. The molecule has 0 aliphatic carbocycles. The average molecular weight is 478 g/mol. The van der Waals surface area contributed by atoms with E-state index in [2.05, 4.69) is 51.8 Å². The summed E-state index contributed by atoms with van der Waals surface area (Å²) in [6.45, 7) is 10.2. The molecule has 180 valence electrons. The van der Waals surface area contributed by atoms with Gasteiger partial charge < -0.3 is 9.64 Å². The third-order valence-electron chi connectivity index (χ3n) is 6.91. The van der Waals surface area contributed by atoms with Crippen LogP contribution in [-0.2, 0) is 9.53 Å². The van der Waals surface area contributed by atoms with E-state index in [1.54, 1.807) is 12.0 Å². The molecule has 1 fully saturated rings. The van der Waals surface area contributed by atoms with E-state index in [4.69, 9.17) is 9.73 Å². The predicted octanol–water partition coefficient (Wildman–Crippen LogP) is 6.36. The molecular formula is C28H35N3O2S. The fourth-order valence-electron chi connectivity index (χ4n) is 4.80. The number of amides is 1. The minimum absolute atomic E-state index is 0.0132. The first-order chi connectivity index (χ1) is 16.2. The number of benzene rings is 2. The van der Waals surface area contributed by atoms with Crippen LogP contribution in [0.1, 0.15) is 56.2 Å². The third-order valence-corrected chi connectivity index (χ3v) is 7.91. The number of ether oxygens (including phenoxy) is 1. The van der Waals surface area contributed by atoms with Gasteiger partial charge in [-0.3, -0.25) is 9.69 Å². The van der Waals surface area contributed by atoms with Crippen molar-refractivity contribution in [3.8, 4) is 0 Å². The number of carbonyl (C=O) groups excluding carboxylic acids is 1. The van der Waals surface area contributed by atoms with Gasteiger partial charge in [0.05, 0.1) is 10.6 Å². The van der Waals surface area contributed by atoms with Gasteiger partial charge in [-0.25, -0.2) is 4.99 Å². The van der Waals surface area contributed by atoms with E-state index in [1.807, 2.05) is 36.4 Å². The van der Waals surface area contributed by atoms with E-state index >= 15 is 0 Å². The molecule has 2 heterocycles. The molecule has 0 aromatic heterocycles. The highest BCUT2D eigenvalue weighted by Gasteiger charge is 2.36. The quantitative estimate of drug-likeness (QED) is 0.359. The number of aryl methyl sites for hydroxylation is 1. The lowest BCUT2D eigenvalue weighted by atomic mass is 9.79. The monoisotopic (exact) mass is 477 g/mol. The summed E-state index contributed by atoms with van der Waals surface area (Å²) in [5, 5.41) is 0.726. The number of nitrogens with zero attached hydrogens (tertiary/aromatic N) is 3. The number of hydrogen-bond donors (Lipinski definition) is 0. The number of aliphatic imine (C=N–C) groups is 1. The molecule has 2 aliphatic heterocycles. The molecule has 0 radical (unpaired) electrons. The molecule has 2 aliphatic rings. The normalized spacial score (nSPS) is 22.1. The Hall–Kier alpha value is -2.57. The van der Waals surface area contributed by atoms with Crippen LogP contribution in [0.15, 0.2) is 52.4 Å². The van der Waals surface area contributed by atoms with E-state index in [1.165, 1.54) is 28.6 Å². The highest BCUT2D eigenvalue weighted by molar-refractivity contribution is 8.18. The molecule has 1 amide bonds. The molecule has 0 unspecified atom stereocenters. The van der Waals surface area contributed by atoms with Gasteiger partial charge in [-0.1, -0.05) is 25.1 Å². The first-order valence-electron chi connectivity index (χ1n) is 11.9. The summed E-state index contributed by atoms with van der Waals surface area (Å²) >= 11 is 1.46. The number of carbonyl (C=O) groups is 1. The summed E-state index contributed by atoms with van der Waals surface area (Å²) in [5.74, 6) is 0.478. The van der Waals surface area contributed by atoms with Crippen LogP contribution in [0.5, 0.6) is 0 Å². The van der Waals surface area contributed by atoms with Gasteiger partial charge in [-0.05, 0) is 98.3 Å². The van der Waals surface area contributed by atoms with Crippen molar-refractivity contribution in [2.24, 2.45) is 4.99 Å². The van der Waals surface area contributed by atoms with Crippen LogP contribution < -0.4 is 4.90 Å². The standard InChI is InChI=1S/C28H35N3O2S/c1-19-15-24-23(20(2)18-28(3,4)30(24)5)16-21(19)17-25-26(32)31(13-10-14-33-6)27(34-25)29-22-11-8-7-9-12-22/h7-9,11-12,15-17,20H,10,13-14,18H2,1-6H3/b25-17-,29-27?/t20-/m1/s1. The SMILES string of the molecule is COCCCN1C(=O)/C(=C/c2cc3c(cc2C)N(C)C(C)(C)C[C@H]3C)SC1=Nc1ccccc1. The van der Waals surface area contributed by atoms with Crippen molar-refractivity contribution < 1.29 is 9.53 Å². The van der Waals surface area contributed by atoms with Crippen LogP contribution in [0.25, 0.3) is 6.08 Å². The summed E-state index contributed by atoms with van der Waals surface area (Å²) in [6.07, 6.45) is 3.91. The summed E-state index contributed by atoms with van der Waals surface area (Å²) in [7, 11) is 3.87. The zero-order chi connectivity index (χ0) is 24.5. The van der Waals surface area contributed by atoms with E-state index < -0.39 is 0 Å². The Morgan fingerprint density at radius 1 is 1.24 bits per heavy atom. The van der Waals surface area contributed by atoms with Crippen molar-refractivity contribution in [1.82, 2.24) is 4.90 Å². The Bertz CT molecular complexity index is 1120. The summed E-state index contributed by atoms with van der Waals surface area (Å²) in [6, 6.07) is 14.4. The average Bonchev–Trinajstić information content (AvgIpc) is 3.08. The lowest BCUT2D eigenvalue weighted by molar-refractivity contribution is -0.122. The van der Waals surface area contributed by atoms with E-state index in [-0.39, 0.29) is 11.4 Å². The maximum atomic E-state index is 13.4. The van der Waals surface area contributed by atoms with Gasteiger partial charge in [0.2, 0.25) is 0 Å². The fourth-order valence-corrected chi connectivity index (χ4v) is 5.82. The molecule has 2 aromatic rings. The Balaban J connectivity index is 1.69. The summed E-state index contributed by atoms with van der Waals surface area (Å²) in [5.41, 5.74) is 5.90. The molecule has 4 rings (SSSR count). The maximum absolute atomic E-state index is 13.4. The Labute approximate surface area is 207 Å². The van der Waals surface area contributed by atoms with E-state index in [0.29, 0.717) is 24.0 Å². The number of amidine groups is 1. The highest BCUT2D eigenvalue weighted by atomic mass is 32.2. The predicted molar refractivity (Wildman–Crippen MR) is 144 cm³/mol. The Kier molecular flexibility index (Phi) is 7.20. The Morgan fingerprint density at radius 2 is 1.97 bits per heavy atom. The van der Waals surface area contributed by atoms with Crippen molar-refractivity contribution >= 4 is 40.3 Å². The van der Waals surface area contributed by atoms with Crippen LogP contribution >= 0.6 is 11.8 Å². The van der Waals surface area contributed by atoms with Crippen molar-refractivity contribution in [2.75, 3.05) is 32.2 Å². The number of anilines is 1. The first kappa shape index (κ1) is 24.6. The smallest absolute Gasteiger partial charge is 0.266 e. The molecule has 0 bridgehead atoms. The topological polar surface area (TPSA) is 45.1 Å². The zero-order valence-electron chi connectivity index (χ0n) is 21.1. The summed E-state index contributed by atoms with van der Waals surface area (Å²) < 4.78 is 5.21.